The molecule has 0 amide bonds. The molecular weight excluding hydrogens is 192 g/mol. The summed E-state index contributed by atoms with van der Waals surface area (Å²) in [6, 6.07) is 9.57. The van der Waals surface area contributed by atoms with E-state index in [2.05, 4.69) is 0 Å². The van der Waals surface area contributed by atoms with Crippen molar-refractivity contribution in [2.24, 2.45) is 0 Å². The predicted molar refractivity (Wildman–Crippen MR) is 55.1 cm³/mol. The Balaban J connectivity index is 2.36. The van der Waals surface area contributed by atoms with Gasteiger partial charge >= 0.3 is 5.97 Å². The van der Waals surface area contributed by atoms with Crippen LogP contribution in [0, 0.1) is 0 Å². The maximum absolute atomic E-state index is 11.4. The van der Waals surface area contributed by atoms with E-state index in [0.29, 0.717) is 6.42 Å². The van der Waals surface area contributed by atoms with E-state index in [-0.39, 0.29) is 5.97 Å². The van der Waals surface area contributed by atoms with Crippen LogP contribution in [0.3, 0.4) is 0 Å². The summed E-state index contributed by atoms with van der Waals surface area (Å²) < 4.78 is 11.0. The van der Waals surface area contributed by atoms with Crippen LogP contribution in [-0.2, 0) is 20.1 Å². The van der Waals surface area contributed by atoms with Crippen molar-refractivity contribution in [2.45, 2.75) is 32.2 Å². The van der Waals surface area contributed by atoms with Crippen molar-refractivity contribution >= 4 is 5.97 Å². The van der Waals surface area contributed by atoms with Crippen molar-refractivity contribution in [1.29, 1.82) is 0 Å². The molecule has 1 aromatic rings. The summed E-state index contributed by atoms with van der Waals surface area (Å²) in [5.74, 6) is -1.17. The summed E-state index contributed by atoms with van der Waals surface area (Å²) in [6.07, 6.45) is 0.137. The van der Waals surface area contributed by atoms with Crippen molar-refractivity contribution in [3.8, 4) is 0 Å². The number of ether oxygens (including phenoxy) is 2. The summed E-state index contributed by atoms with van der Waals surface area (Å²) in [7, 11) is 0. The van der Waals surface area contributed by atoms with Crippen LogP contribution < -0.4 is 0 Å². The topological polar surface area (TPSA) is 35.5 Å². The summed E-state index contributed by atoms with van der Waals surface area (Å²) in [6.45, 7) is 3.65. The number of hydrogen-bond acceptors (Lipinski definition) is 3. The molecule has 0 aliphatic carbocycles. The van der Waals surface area contributed by atoms with Crippen LogP contribution in [0.2, 0.25) is 0 Å². The van der Waals surface area contributed by atoms with Crippen molar-refractivity contribution in [1.82, 2.24) is 0 Å². The quantitative estimate of drug-likeness (QED) is 0.696. The SMILES string of the molecule is CCC1(c2ccccc2)OC(=O)C(C)O1. The van der Waals surface area contributed by atoms with E-state index in [9.17, 15) is 4.79 Å². The zero-order valence-electron chi connectivity index (χ0n) is 8.90. The highest BCUT2D eigenvalue weighted by molar-refractivity contribution is 5.76. The molecule has 0 N–H and O–H groups in total. The number of rotatable bonds is 2. The number of carbonyl (C=O) groups is 1. The van der Waals surface area contributed by atoms with Gasteiger partial charge in [-0.05, 0) is 6.92 Å². The number of carbonyl (C=O) groups excluding carboxylic acids is 1. The zero-order chi connectivity index (χ0) is 10.9. The summed E-state index contributed by atoms with van der Waals surface area (Å²) in [5, 5.41) is 0. The highest BCUT2D eigenvalue weighted by Crippen LogP contribution is 2.37. The lowest BCUT2D eigenvalue weighted by atomic mass is 10.0. The average Bonchev–Trinajstić information content (AvgIpc) is 2.57. The molecule has 15 heavy (non-hydrogen) atoms. The van der Waals surface area contributed by atoms with Gasteiger partial charge in [0.05, 0.1) is 0 Å². The summed E-state index contributed by atoms with van der Waals surface area (Å²) >= 11 is 0. The molecule has 1 fully saturated rings. The maximum Gasteiger partial charge on any atom is 0.337 e. The second-order valence-corrected chi connectivity index (χ2v) is 3.65. The Morgan fingerprint density at radius 2 is 2.00 bits per heavy atom. The standard InChI is InChI=1S/C12H14O3/c1-3-12(10-7-5-4-6-8-10)14-9(2)11(13)15-12/h4-9H,3H2,1-2H3. The predicted octanol–water partition coefficient (Wildman–Crippen LogP) is 2.21. The molecular formula is C12H14O3. The third kappa shape index (κ3) is 1.63. The molecule has 1 heterocycles. The lowest BCUT2D eigenvalue weighted by molar-refractivity contribution is -0.184. The molecule has 0 bridgehead atoms. The normalized spacial score (nSPS) is 30.3. The first-order valence-electron chi connectivity index (χ1n) is 5.14. The van der Waals surface area contributed by atoms with Crippen LogP contribution >= 0.6 is 0 Å². The van der Waals surface area contributed by atoms with Crippen LogP contribution in [-0.4, -0.2) is 12.1 Å². The molecule has 3 nitrogen and oxygen atoms in total. The van der Waals surface area contributed by atoms with Crippen LogP contribution in [0.25, 0.3) is 0 Å². The van der Waals surface area contributed by atoms with E-state index < -0.39 is 11.9 Å². The Labute approximate surface area is 89.0 Å². The second kappa shape index (κ2) is 3.66. The van der Waals surface area contributed by atoms with Crippen LogP contribution in [0.5, 0.6) is 0 Å². The van der Waals surface area contributed by atoms with Gasteiger partial charge in [-0.15, -0.1) is 0 Å². The Kier molecular flexibility index (Phi) is 2.49. The number of hydrogen-bond donors (Lipinski definition) is 0. The van der Waals surface area contributed by atoms with E-state index in [0.717, 1.165) is 5.56 Å². The van der Waals surface area contributed by atoms with E-state index in [1.807, 2.05) is 37.3 Å². The third-order valence-corrected chi connectivity index (χ3v) is 2.64. The summed E-state index contributed by atoms with van der Waals surface area (Å²) in [5.41, 5.74) is 0.894. The lowest BCUT2D eigenvalue weighted by Crippen LogP contribution is -2.26. The number of benzene rings is 1. The fourth-order valence-electron chi connectivity index (χ4n) is 1.78. The Bertz CT molecular complexity index is 360. The van der Waals surface area contributed by atoms with E-state index in [1.54, 1.807) is 6.92 Å². The molecule has 0 radical (unpaired) electrons. The average molecular weight is 206 g/mol. The number of cyclic esters (lactones) is 1. The molecule has 0 aromatic heterocycles. The van der Waals surface area contributed by atoms with E-state index in [4.69, 9.17) is 9.47 Å². The molecule has 1 saturated heterocycles. The van der Waals surface area contributed by atoms with Gasteiger partial charge in [0, 0.05) is 12.0 Å². The lowest BCUT2D eigenvalue weighted by Gasteiger charge is -2.25. The highest BCUT2D eigenvalue weighted by Gasteiger charge is 2.46. The smallest absolute Gasteiger partial charge is 0.337 e. The third-order valence-electron chi connectivity index (χ3n) is 2.64. The largest absolute Gasteiger partial charge is 0.427 e. The van der Waals surface area contributed by atoms with Crippen molar-refractivity contribution in [3.63, 3.8) is 0 Å². The van der Waals surface area contributed by atoms with Crippen LogP contribution in [0.4, 0.5) is 0 Å². The van der Waals surface area contributed by atoms with Gasteiger partial charge in [-0.1, -0.05) is 37.3 Å². The van der Waals surface area contributed by atoms with Gasteiger partial charge in [0.15, 0.2) is 6.10 Å². The second-order valence-electron chi connectivity index (χ2n) is 3.65. The minimum absolute atomic E-state index is 0.291. The van der Waals surface area contributed by atoms with Gasteiger partial charge < -0.3 is 9.47 Å². The number of esters is 1. The minimum Gasteiger partial charge on any atom is -0.427 e. The molecule has 1 aliphatic rings. The molecule has 1 aromatic carbocycles. The van der Waals surface area contributed by atoms with Crippen molar-refractivity contribution < 1.29 is 14.3 Å². The fraction of sp³-hybridized carbons (Fsp3) is 0.417. The van der Waals surface area contributed by atoms with Gasteiger partial charge in [-0.2, -0.15) is 0 Å². The van der Waals surface area contributed by atoms with Crippen LogP contribution in [0.15, 0.2) is 30.3 Å². The maximum atomic E-state index is 11.4. The molecule has 3 heteroatoms. The highest BCUT2D eigenvalue weighted by atomic mass is 16.8. The molecule has 0 spiro atoms. The molecule has 0 saturated carbocycles. The Morgan fingerprint density at radius 1 is 1.33 bits per heavy atom. The Morgan fingerprint density at radius 3 is 2.47 bits per heavy atom. The van der Waals surface area contributed by atoms with E-state index >= 15 is 0 Å². The van der Waals surface area contributed by atoms with Gasteiger partial charge in [0.2, 0.25) is 5.79 Å². The molecule has 2 rings (SSSR count). The minimum atomic E-state index is -0.877. The van der Waals surface area contributed by atoms with Crippen LogP contribution in [0.1, 0.15) is 25.8 Å². The first kappa shape index (κ1) is 10.2. The zero-order valence-corrected chi connectivity index (χ0v) is 8.90. The monoisotopic (exact) mass is 206 g/mol. The molecule has 2 unspecified atom stereocenters. The molecule has 1 aliphatic heterocycles. The van der Waals surface area contributed by atoms with Gasteiger partial charge in [0.25, 0.3) is 0 Å². The van der Waals surface area contributed by atoms with Gasteiger partial charge in [-0.25, -0.2) is 4.79 Å². The van der Waals surface area contributed by atoms with Crippen molar-refractivity contribution in [2.75, 3.05) is 0 Å². The molecule has 2 atom stereocenters. The molecule has 80 valence electrons. The van der Waals surface area contributed by atoms with E-state index in [1.165, 1.54) is 0 Å². The van der Waals surface area contributed by atoms with Gasteiger partial charge in [-0.3, -0.25) is 0 Å². The Hall–Kier alpha value is -1.35. The fourth-order valence-corrected chi connectivity index (χ4v) is 1.78. The first-order valence-corrected chi connectivity index (χ1v) is 5.14. The van der Waals surface area contributed by atoms with Gasteiger partial charge in [0.1, 0.15) is 0 Å². The summed E-state index contributed by atoms with van der Waals surface area (Å²) in [4.78, 5) is 11.4. The first-order chi connectivity index (χ1) is 7.18. The van der Waals surface area contributed by atoms with Crippen molar-refractivity contribution in [3.05, 3.63) is 35.9 Å².